The van der Waals surface area contributed by atoms with E-state index in [1.54, 1.807) is 0 Å². The zero-order valence-electron chi connectivity index (χ0n) is 20.7. The van der Waals surface area contributed by atoms with Gasteiger partial charge in [0, 0.05) is 24.7 Å². The van der Waals surface area contributed by atoms with Crippen LogP contribution < -0.4 is 34.7 Å². The van der Waals surface area contributed by atoms with Crippen molar-refractivity contribution in [2.24, 2.45) is 23.2 Å². The molecule has 0 aliphatic heterocycles. The second kappa shape index (κ2) is 13.4. The molecule has 0 heterocycles. The second-order valence-electron chi connectivity index (χ2n) is 10.2. The first-order valence-electron chi connectivity index (χ1n) is 11.8. The Hall–Kier alpha value is -0.700. The van der Waals surface area contributed by atoms with Gasteiger partial charge in [0.25, 0.3) is 0 Å². The number of carbonyl (C=O) groups excluding carboxylic acids is 2. The third kappa shape index (κ3) is 8.79. The van der Waals surface area contributed by atoms with E-state index in [1.807, 2.05) is 32.9 Å². The van der Waals surface area contributed by atoms with Crippen molar-refractivity contribution in [2.75, 3.05) is 0 Å². The van der Waals surface area contributed by atoms with Crippen LogP contribution >= 0.6 is 0 Å². The molecule has 0 bridgehead atoms. The largest absolute Gasteiger partial charge is 1.00 e. The number of esters is 1. The molecule has 8 heteroatoms. The van der Waals surface area contributed by atoms with Crippen LogP contribution in [0.15, 0.2) is 23.8 Å². The Morgan fingerprint density at radius 3 is 2.55 bits per heavy atom. The van der Waals surface area contributed by atoms with Gasteiger partial charge >= 0.3 is 35.5 Å². The molecule has 3 N–H and O–H groups in total. The topological polar surface area (TPSA) is 127 Å². The standard InChI is InChI=1S/C25H40O7.Na/c1-5-10-25(3,4)24(31)32-21-13-18(27)11-16-7-6-15(2)20(23(16)21)9-8-17(26)12-19(28)14-22(29)30;/h6-7,11,15,17-21,23,26-28H,5,8-10,12-14H2,1-4H3,(H,29,30);/q;+1/p-1/t15-,17+,18+,19+,20-,21-,23-;/m0./s1. The maximum Gasteiger partial charge on any atom is 1.00 e. The van der Waals surface area contributed by atoms with Crippen LogP contribution in [-0.4, -0.2) is 51.7 Å². The van der Waals surface area contributed by atoms with E-state index < -0.39 is 42.2 Å². The normalized spacial score (nSPS) is 28.7. The predicted octanol–water partition coefficient (Wildman–Crippen LogP) is -1.11. The quantitative estimate of drug-likeness (QED) is 0.256. The van der Waals surface area contributed by atoms with Crippen molar-refractivity contribution in [1.82, 2.24) is 0 Å². The molecule has 2 aliphatic carbocycles. The van der Waals surface area contributed by atoms with Crippen LogP contribution in [0.3, 0.4) is 0 Å². The van der Waals surface area contributed by atoms with Crippen molar-refractivity contribution < 1.29 is 64.3 Å². The minimum atomic E-state index is -1.35. The maximum absolute atomic E-state index is 12.9. The zero-order chi connectivity index (χ0) is 24.1. The molecule has 7 atom stereocenters. The van der Waals surface area contributed by atoms with E-state index in [0.717, 1.165) is 12.0 Å². The summed E-state index contributed by atoms with van der Waals surface area (Å²) in [6.45, 7) is 7.87. The number of fused-ring (bicyclic) bond motifs is 1. The number of hydrogen-bond donors (Lipinski definition) is 3. The van der Waals surface area contributed by atoms with Crippen LogP contribution in [0.1, 0.15) is 72.6 Å². The Labute approximate surface area is 219 Å². The third-order valence-corrected chi connectivity index (χ3v) is 6.84. The van der Waals surface area contributed by atoms with Gasteiger partial charge in [-0.2, -0.15) is 0 Å². The summed E-state index contributed by atoms with van der Waals surface area (Å²) in [6.07, 6.45) is 5.17. The fraction of sp³-hybridized carbons (Fsp3) is 0.760. The van der Waals surface area contributed by atoms with Gasteiger partial charge in [-0.05, 0) is 56.9 Å². The molecule has 0 saturated heterocycles. The molecule has 0 aromatic heterocycles. The minimum Gasteiger partial charge on any atom is -0.550 e. The van der Waals surface area contributed by atoms with Gasteiger partial charge in [0.2, 0.25) is 0 Å². The van der Waals surface area contributed by atoms with Gasteiger partial charge in [0.05, 0.1) is 23.7 Å². The number of carboxylic acid groups (broad SMARTS) is 1. The Bertz CT molecular complexity index is 718. The van der Waals surface area contributed by atoms with E-state index >= 15 is 0 Å². The number of rotatable bonds is 11. The smallest absolute Gasteiger partial charge is 0.550 e. The Morgan fingerprint density at radius 1 is 1.27 bits per heavy atom. The van der Waals surface area contributed by atoms with Gasteiger partial charge in [0.1, 0.15) is 6.10 Å². The molecule has 0 saturated carbocycles. The predicted molar refractivity (Wildman–Crippen MR) is 118 cm³/mol. The zero-order valence-corrected chi connectivity index (χ0v) is 22.7. The summed E-state index contributed by atoms with van der Waals surface area (Å²) in [6, 6.07) is 0. The average Bonchev–Trinajstić information content (AvgIpc) is 2.66. The molecule has 0 fully saturated rings. The van der Waals surface area contributed by atoms with Crippen molar-refractivity contribution in [3.8, 4) is 0 Å². The number of aliphatic carboxylic acids is 1. The summed E-state index contributed by atoms with van der Waals surface area (Å²) in [5, 5.41) is 41.1. The first-order valence-corrected chi connectivity index (χ1v) is 11.8. The Morgan fingerprint density at radius 2 is 1.94 bits per heavy atom. The number of carboxylic acids is 1. The molecular weight excluding hydrogens is 435 g/mol. The number of ether oxygens (including phenoxy) is 1. The number of aliphatic hydroxyl groups is 3. The molecular formula is C25H39NaO7. The van der Waals surface area contributed by atoms with Crippen LogP contribution in [0.4, 0.5) is 0 Å². The molecule has 0 amide bonds. The van der Waals surface area contributed by atoms with Gasteiger partial charge in [-0.3, -0.25) is 4.79 Å². The average molecular weight is 475 g/mol. The molecule has 182 valence electrons. The van der Waals surface area contributed by atoms with Crippen molar-refractivity contribution in [1.29, 1.82) is 0 Å². The van der Waals surface area contributed by atoms with Gasteiger partial charge in [0.15, 0.2) is 0 Å². The van der Waals surface area contributed by atoms with Crippen molar-refractivity contribution >= 4 is 11.9 Å². The van der Waals surface area contributed by atoms with Crippen LogP contribution in [0.25, 0.3) is 0 Å². The van der Waals surface area contributed by atoms with Crippen molar-refractivity contribution in [2.45, 2.75) is 97.1 Å². The summed E-state index contributed by atoms with van der Waals surface area (Å²) in [4.78, 5) is 23.5. The molecule has 7 nitrogen and oxygen atoms in total. The monoisotopic (exact) mass is 474 g/mol. The fourth-order valence-corrected chi connectivity index (χ4v) is 5.10. The minimum absolute atomic E-state index is 0. The van der Waals surface area contributed by atoms with Crippen LogP contribution in [0, 0.1) is 23.2 Å². The van der Waals surface area contributed by atoms with E-state index in [9.17, 15) is 30.0 Å². The van der Waals surface area contributed by atoms with Gasteiger partial charge in [-0.1, -0.05) is 38.5 Å². The molecule has 2 aliphatic rings. The van der Waals surface area contributed by atoms with E-state index in [-0.39, 0.29) is 59.7 Å². The maximum atomic E-state index is 12.9. The summed E-state index contributed by atoms with van der Waals surface area (Å²) >= 11 is 0. The molecule has 0 aromatic rings. The van der Waals surface area contributed by atoms with Crippen molar-refractivity contribution in [3.05, 3.63) is 23.8 Å². The molecule has 0 radical (unpaired) electrons. The number of carbonyl (C=O) groups is 2. The third-order valence-electron chi connectivity index (χ3n) is 6.84. The van der Waals surface area contributed by atoms with Gasteiger partial charge in [-0.25, -0.2) is 0 Å². The molecule has 0 spiro atoms. The van der Waals surface area contributed by atoms with Crippen LogP contribution in [-0.2, 0) is 14.3 Å². The molecule has 0 aromatic carbocycles. The van der Waals surface area contributed by atoms with E-state index in [4.69, 9.17) is 4.74 Å². The molecule has 0 unspecified atom stereocenters. The number of aliphatic hydroxyl groups excluding tert-OH is 3. The summed E-state index contributed by atoms with van der Waals surface area (Å²) in [5.41, 5.74) is 0.349. The van der Waals surface area contributed by atoms with E-state index in [1.165, 1.54) is 0 Å². The summed E-state index contributed by atoms with van der Waals surface area (Å²) in [5.74, 6) is -1.43. The summed E-state index contributed by atoms with van der Waals surface area (Å²) in [7, 11) is 0. The first-order chi connectivity index (χ1) is 14.9. The Kier molecular flexibility index (Phi) is 12.3. The molecule has 2 rings (SSSR count). The second-order valence-corrected chi connectivity index (χ2v) is 10.2. The Balaban J connectivity index is 0.00000544. The first kappa shape index (κ1) is 30.3. The fourth-order valence-electron chi connectivity index (χ4n) is 5.10. The van der Waals surface area contributed by atoms with Gasteiger partial charge < -0.3 is 30.0 Å². The SMILES string of the molecule is CCCC(C)(C)C(=O)O[C@H]1C[C@H](O)C=C2C=C[C@H](C)[C@H](CC[C@@H](O)C[C@@H](O)CC(=O)[O-])[C@H]21.[Na+]. The molecule has 33 heavy (non-hydrogen) atoms. The number of allylic oxidation sites excluding steroid dienone is 2. The van der Waals surface area contributed by atoms with E-state index in [2.05, 4.69) is 13.0 Å². The number of hydrogen-bond acceptors (Lipinski definition) is 7. The van der Waals surface area contributed by atoms with E-state index in [0.29, 0.717) is 25.7 Å². The van der Waals surface area contributed by atoms with Crippen molar-refractivity contribution in [3.63, 3.8) is 0 Å². The van der Waals surface area contributed by atoms with Gasteiger partial charge in [-0.15, -0.1) is 0 Å². The summed E-state index contributed by atoms with van der Waals surface area (Å²) < 4.78 is 5.99. The van der Waals surface area contributed by atoms with Crippen LogP contribution in [0.2, 0.25) is 0 Å². The van der Waals surface area contributed by atoms with Crippen LogP contribution in [0.5, 0.6) is 0 Å².